The third-order valence-electron chi connectivity index (χ3n) is 5.98. The molecule has 9 nitrogen and oxygen atoms in total. The molecule has 182 valence electrons. The van der Waals surface area contributed by atoms with Gasteiger partial charge in [-0.2, -0.15) is 0 Å². The van der Waals surface area contributed by atoms with Gasteiger partial charge in [-0.05, 0) is 29.8 Å². The monoisotopic (exact) mass is 472 g/mol. The van der Waals surface area contributed by atoms with Crippen LogP contribution in [0.15, 0.2) is 42.5 Å². The van der Waals surface area contributed by atoms with Crippen LogP contribution in [0.25, 0.3) is 0 Å². The summed E-state index contributed by atoms with van der Waals surface area (Å²) in [6.07, 6.45) is 0. The lowest BCUT2D eigenvalue weighted by molar-refractivity contribution is -0.139. The molecule has 2 aliphatic rings. The summed E-state index contributed by atoms with van der Waals surface area (Å²) in [5.41, 5.74) is 1.52. The van der Waals surface area contributed by atoms with Gasteiger partial charge in [-0.3, -0.25) is 14.5 Å². The summed E-state index contributed by atoms with van der Waals surface area (Å²) in [7, 11) is 1.52. The van der Waals surface area contributed by atoms with Crippen LogP contribution in [0.5, 0.6) is 11.5 Å². The number of piperazine rings is 1. The fourth-order valence-electron chi connectivity index (χ4n) is 4.18. The quantitative estimate of drug-likeness (QED) is 0.442. The summed E-state index contributed by atoms with van der Waals surface area (Å²) in [4.78, 5) is 28.6. The molecular weight excluding hydrogens is 443 g/mol. The van der Waals surface area contributed by atoms with Crippen molar-refractivity contribution in [2.45, 2.75) is 6.04 Å². The molecule has 1 saturated heterocycles. The normalized spacial score (nSPS) is 16.2. The molecule has 0 saturated carbocycles. The highest BCUT2D eigenvalue weighted by Crippen LogP contribution is 2.36. The van der Waals surface area contributed by atoms with Gasteiger partial charge in [-0.1, -0.05) is 18.2 Å². The van der Waals surface area contributed by atoms with Gasteiger partial charge in [0.25, 0.3) is 0 Å². The maximum atomic E-state index is 14.2. The number of fused-ring (bicyclic) bond motifs is 1. The van der Waals surface area contributed by atoms with Crippen LogP contribution in [0, 0.1) is 5.82 Å². The number of hydrogen-bond donors (Lipinski definition) is 2. The van der Waals surface area contributed by atoms with Gasteiger partial charge in [0.1, 0.15) is 5.82 Å². The minimum absolute atomic E-state index is 0.170. The zero-order chi connectivity index (χ0) is 23.9. The molecular formula is C24H29FN4O5. The van der Waals surface area contributed by atoms with E-state index in [9.17, 15) is 14.0 Å². The highest BCUT2D eigenvalue weighted by molar-refractivity contribution is 6.35. The summed E-state index contributed by atoms with van der Waals surface area (Å²) in [6, 6.07) is 12.2. The number of carbonyl (C=O) groups excluding carboxylic acids is 2. The zero-order valence-electron chi connectivity index (χ0n) is 19.1. The molecule has 2 heterocycles. The Balaban J connectivity index is 1.44. The molecule has 2 amide bonds. The number of methoxy groups -OCH3 is 1. The van der Waals surface area contributed by atoms with Gasteiger partial charge in [0.15, 0.2) is 11.5 Å². The van der Waals surface area contributed by atoms with E-state index in [4.69, 9.17) is 14.2 Å². The lowest BCUT2D eigenvalue weighted by Gasteiger charge is -2.40. The van der Waals surface area contributed by atoms with Crippen molar-refractivity contribution in [2.24, 2.45) is 0 Å². The van der Waals surface area contributed by atoms with E-state index in [1.807, 2.05) is 29.2 Å². The van der Waals surface area contributed by atoms with Crippen molar-refractivity contribution in [3.63, 3.8) is 0 Å². The number of halogens is 1. The average molecular weight is 473 g/mol. The molecule has 0 spiro atoms. The van der Waals surface area contributed by atoms with Gasteiger partial charge in [0.2, 0.25) is 6.79 Å². The second-order valence-corrected chi connectivity index (χ2v) is 8.06. The van der Waals surface area contributed by atoms with Crippen molar-refractivity contribution in [3.05, 3.63) is 53.8 Å². The molecule has 1 fully saturated rings. The van der Waals surface area contributed by atoms with Crippen molar-refractivity contribution >= 4 is 17.5 Å². The van der Waals surface area contributed by atoms with E-state index in [0.29, 0.717) is 50.0 Å². The minimum atomic E-state index is -0.703. The summed E-state index contributed by atoms with van der Waals surface area (Å²) in [5, 5.41) is 5.27. The summed E-state index contributed by atoms with van der Waals surface area (Å²) in [6.45, 7) is 3.56. The molecule has 4 rings (SSSR count). The van der Waals surface area contributed by atoms with Crippen LogP contribution in [0.3, 0.4) is 0 Å². The Bertz CT molecular complexity index is 1010. The number of anilines is 1. The maximum absolute atomic E-state index is 14.2. The number of carbonyl (C=O) groups is 2. The number of ether oxygens (including phenoxy) is 3. The van der Waals surface area contributed by atoms with Crippen LogP contribution in [0.1, 0.15) is 11.6 Å². The first-order chi connectivity index (χ1) is 16.6. The molecule has 2 aromatic carbocycles. The standard InChI is InChI=1S/C24H29FN4O5/c1-32-13-8-26-23(30)24(31)27-15-20(17-6-7-21-22(14-17)34-16-33-21)29-11-9-28(10-12-29)19-5-3-2-4-18(19)25/h2-7,14,20H,8-13,15-16H2,1H3,(H,26,30)(H,27,31)/t20-/m1/s1. The number of benzene rings is 2. The molecule has 0 aromatic heterocycles. The Kier molecular flexibility index (Phi) is 7.81. The Labute approximate surface area is 197 Å². The largest absolute Gasteiger partial charge is 0.454 e. The minimum Gasteiger partial charge on any atom is -0.454 e. The molecule has 0 bridgehead atoms. The fraction of sp³-hybridized carbons (Fsp3) is 0.417. The second-order valence-electron chi connectivity index (χ2n) is 8.06. The van der Waals surface area contributed by atoms with E-state index < -0.39 is 11.8 Å². The topological polar surface area (TPSA) is 92.4 Å². The van der Waals surface area contributed by atoms with Gasteiger partial charge >= 0.3 is 11.8 Å². The lowest BCUT2D eigenvalue weighted by Crippen LogP contribution is -2.51. The molecule has 34 heavy (non-hydrogen) atoms. The van der Waals surface area contributed by atoms with Crippen LogP contribution in [0.4, 0.5) is 10.1 Å². The lowest BCUT2D eigenvalue weighted by atomic mass is 10.0. The molecule has 2 N–H and O–H groups in total. The smallest absolute Gasteiger partial charge is 0.309 e. The highest BCUT2D eigenvalue weighted by atomic mass is 19.1. The second kappa shape index (κ2) is 11.2. The van der Waals surface area contributed by atoms with E-state index in [1.165, 1.54) is 13.2 Å². The van der Waals surface area contributed by atoms with E-state index in [2.05, 4.69) is 15.5 Å². The number of nitrogens with one attached hydrogen (secondary N) is 2. The first kappa shape index (κ1) is 23.8. The van der Waals surface area contributed by atoms with Gasteiger partial charge < -0.3 is 29.7 Å². The third kappa shape index (κ3) is 5.57. The van der Waals surface area contributed by atoms with Crippen LogP contribution < -0.4 is 25.0 Å². The predicted molar refractivity (Wildman–Crippen MR) is 123 cm³/mol. The van der Waals surface area contributed by atoms with Crippen LogP contribution >= 0.6 is 0 Å². The number of amides is 2. The van der Waals surface area contributed by atoms with Gasteiger partial charge in [0.05, 0.1) is 18.3 Å². The Morgan fingerprint density at radius 1 is 1.03 bits per heavy atom. The van der Waals surface area contributed by atoms with Gasteiger partial charge in [-0.15, -0.1) is 0 Å². The first-order valence-corrected chi connectivity index (χ1v) is 11.2. The van der Waals surface area contributed by atoms with Crippen molar-refractivity contribution < 1.29 is 28.2 Å². The van der Waals surface area contributed by atoms with E-state index in [0.717, 1.165) is 5.56 Å². The average Bonchev–Trinajstić information content (AvgIpc) is 3.33. The first-order valence-electron chi connectivity index (χ1n) is 11.2. The van der Waals surface area contributed by atoms with Crippen LogP contribution in [-0.4, -0.2) is 76.5 Å². The zero-order valence-corrected chi connectivity index (χ0v) is 19.1. The summed E-state index contributed by atoms with van der Waals surface area (Å²) in [5.74, 6) is -0.322. The van der Waals surface area contributed by atoms with Crippen molar-refractivity contribution in [3.8, 4) is 11.5 Å². The number of rotatable bonds is 8. The van der Waals surface area contributed by atoms with Crippen LogP contribution in [-0.2, 0) is 14.3 Å². The van der Waals surface area contributed by atoms with Gasteiger partial charge in [-0.25, -0.2) is 4.39 Å². The highest BCUT2D eigenvalue weighted by Gasteiger charge is 2.28. The third-order valence-corrected chi connectivity index (χ3v) is 5.98. The Hall–Kier alpha value is -3.37. The molecule has 0 unspecified atom stereocenters. The van der Waals surface area contributed by atoms with Crippen molar-refractivity contribution in [2.75, 3.05) is 64.7 Å². The fourth-order valence-corrected chi connectivity index (χ4v) is 4.18. The predicted octanol–water partition coefficient (Wildman–Crippen LogP) is 1.30. The molecule has 0 radical (unpaired) electrons. The summed E-state index contributed by atoms with van der Waals surface area (Å²) >= 11 is 0. The number of para-hydroxylation sites is 1. The molecule has 0 aliphatic carbocycles. The van der Waals surface area contributed by atoms with Crippen LogP contribution in [0.2, 0.25) is 0 Å². The molecule has 1 atom stereocenters. The van der Waals surface area contributed by atoms with E-state index in [1.54, 1.807) is 12.1 Å². The number of hydrogen-bond acceptors (Lipinski definition) is 7. The maximum Gasteiger partial charge on any atom is 0.309 e. The molecule has 2 aliphatic heterocycles. The SMILES string of the molecule is COCCNC(=O)C(=O)NC[C@H](c1ccc2c(c1)OCO2)N1CCN(c2ccccc2F)CC1. The van der Waals surface area contributed by atoms with Crippen molar-refractivity contribution in [1.82, 2.24) is 15.5 Å². The Morgan fingerprint density at radius 2 is 1.76 bits per heavy atom. The van der Waals surface area contributed by atoms with E-state index in [-0.39, 0.29) is 31.7 Å². The molecule has 10 heteroatoms. The summed E-state index contributed by atoms with van der Waals surface area (Å²) < 4.78 is 30.1. The van der Waals surface area contributed by atoms with Crippen molar-refractivity contribution in [1.29, 1.82) is 0 Å². The Morgan fingerprint density at radius 3 is 2.53 bits per heavy atom. The van der Waals surface area contributed by atoms with Gasteiger partial charge in [0, 0.05) is 46.4 Å². The molecule has 2 aromatic rings. The van der Waals surface area contributed by atoms with E-state index >= 15 is 0 Å². The number of nitrogens with zero attached hydrogens (tertiary/aromatic N) is 2.